The molecular weight excluding hydrogens is 235 g/mol. The Morgan fingerprint density at radius 2 is 1.94 bits per heavy atom. The van der Waals surface area contributed by atoms with E-state index < -0.39 is 18.8 Å². The molecule has 1 saturated carbocycles. The van der Waals surface area contributed by atoms with Gasteiger partial charge < -0.3 is 10.2 Å². The third-order valence-corrected chi connectivity index (χ3v) is 3.68. The normalized spacial score (nSPS) is 29.4. The molecule has 2 unspecified atom stereocenters. The second kappa shape index (κ2) is 4.52. The second-order valence-corrected chi connectivity index (χ2v) is 6.31. The van der Waals surface area contributed by atoms with Crippen LogP contribution in [-0.2, 0) is 9.59 Å². The lowest BCUT2D eigenvalue weighted by molar-refractivity contribution is -0.153. The number of hydrogen-bond acceptors (Lipinski definition) is 2. The van der Waals surface area contributed by atoms with Crippen LogP contribution in [0, 0.1) is 11.3 Å². The lowest BCUT2D eigenvalue weighted by Crippen LogP contribution is -2.67. The Morgan fingerprint density at radius 1 is 1.33 bits per heavy atom. The minimum atomic E-state index is -0.598. The molecule has 1 saturated heterocycles. The van der Waals surface area contributed by atoms with E-state index in [1.807, 2.05) is 20.8 Å². The van der Waals surface area contributed by atoms with Crippen molar-refractivity contribution in [1.29, 1.82) is 0 Å². The Kier molecular flexibility index (Phi) is 3.34. The van der Waals surface area contributed by atoms with E-state index in [-0.39, 0.29) is 29.7 Å². The first-order valence-electron chi connectivity index (χ1n) is 6.53. The van der Waals surface area contributed by atoms with Gasteiger partial charge in [0.05, 0.1) is 0 Å². The van der Waals surface area contributed by atoms with Gasteiger partial charge in [-0.2, -0.15) is 0 Å². The molecule has 2 fully saturated rings. The molecule has 18 heavy (non-hydrogen) atoms. The van der Waals surface area contributed by atoms with Crippen molar-refractivity contribution in [3.63, 3.8) is 0 Å². The Balaban J connectivity index is 2.23. The standard InChI is InChI=1S/C13H21FN2O2/c1-13(2,3)10-12(18)16(7-6-14)9(8-4-5-8)11(17)15-10/h8-10H,4-7H2,1-3H3,(H,15,17). The van der Waals surface area contributed by atoms with Crippen molar-refractivity contribution in [2.24, 2.45) is 11.3 Å². The summed E-state index contributed by atoms with van der Waals surface area (Å²) in [7, 11) is 0. The minimum absolute atomic E-state index is 0.0278. The zero-order chi connectivity index (χ0) is 13.5. The number of carbonyl (C=O) groups excluding carboxylic acids is 2. The monoisotopic (exact) mass is 256 g/mol. The molecule has 5 heteroatoms. The summed E-state index contributed by atoms with van der Waals surface area (Å²) in [6.45, 7) is 5.14. The fourth-order valence-electron chi connectivity index (χ4n) is 2.54. The van der Waals surface area contributed by atoms with E-state index in [0.717, 1.165) is 12.8 Å². The lowest BCUT2D eigenvalue weighted by Gasteiger charge is -2.43. The van der Waals surface area contributed by atoms with E-state index in [4.69, 9.17) is 0 Å². The molecule has 0 bridgehead atoms. The summed E-state index contributed by atoms with van der Waals surface area (Å²) < 4.78 is 12.6. The van der Waals surface area contributed by atoms with Crippen LogP contribution in [0.1, 0.15) is 33.6 Å². The SMILES string of the molecule is CC(C)(C)C1NC(=O)C(C2CC2)N(CCF)C1=O. The van der Waals surface area contributed by atoms with Crippen molar-refractivity contribution >= 4 is 11.8 Å². The first kappa shape index (κ1) is 13.3. The smallest absolute Gasteiger partial charge is 0.246 e. The third-order valence-electron chi connectivity index (χ3n) is 3.68. The molecule has 4 nitrogen and oxygen atoms in total. The van der Waals surface area contributed by atoms with E-state index in [9.17, 15) is 14.0 Å². The minimum Gasteiger partial charge on any atom is -0.342 e. The summed E-state index contributed by atoms with van der Waals surface area (Å²) in [6.07, 6.45) is 1.91. The highest BCUT2D eigenvalue weighted by molar-refractivity contribution is 5.97. The number of carbonyl (C=O) groups is 2. The third kappa shape index (κ3) is 2.35. The molecule has 2 atom stereocenters. The van der Waals surface area contributed by atoms with Crippen molar-refractivity contribution in [3.05, 3.63) is 0 Å². The number of alkyl halides is 1. The molecular formula is C13H21FN2O2. The van der Waals surface area contributed by atoms with Gasteiger partial charge in [-0.15, -0.1) is 0 Å². The highest BCUT2D eigenvalue weighted by Gasteiger charge is 2.50. The number of piperazine rings is 1. The van der Waals surface area contributed by atoms with Crippen molar-refractivity contribution in [2.45, 2.75) is 45.7 Å². The van der Waals surface area contributed by atoms with E-state index in [0.29, 0.717) is 0 Å². The van der Waals surface area contributed by atoms with E-state index in [1.54, 1.807) is 0 Å². The molecule has 1 N–H and O–H groups in total. The van der Waals surface area contributed by atoms with Crippen molar-refractivity contribution in [1.82, 2.24) is 10.2 Å². The summed E-state index contributed by atoms with van der Waals surface area (Å²) in [5.41, 5.74) is -0.351. The summed E-state index contributed by atoms with van der Waals surface area (Å²) in [5, 5.41) is 2.81. The Bertz CT molecular complexity index is 360. The number of halogens is 1. The topological polar surface area (TPSA) is 49.4 Å². The molecule has 0 aromatic heterocycles. The molecule has 0 aromatic rings. The predicted molar refractivity (Wildman–Crippen MR) is 65.6 cm³/mol. The van der Waals surface area contributed by atoms with Crippen LogP contribution in [0.3, 0.4) is 0 Å². The van der Waals surface area contributed by atoms with Gasteiger partial charge in [-0.1, -0.05) is 20.8 Å². The maximum absolute atomic E-state index is 12.6. The van der Waals surface area contributed by atoms with E-state index >= 15 is 0 Å². The van der Waals surface area contributed by atoms with Gasteiger partial charge in [0.25, 0.3) is 0 Å². The van der Waals surface area contributed by atoms with Crippen LogP contribution in [0.25, 0.3) is 0 Å². The number of nitrogens with zero attached hydrogens (tertiary/aromatic N) is 1. The van der Waals surface area contributed by atoms with Crippen molar-refractivity contribution in [2.75, 3.05) is 13.2 Å². The molecule has 0 spiro atoms. The van der Waals surface area contributed by atoms with Crippen LogP contribution in [0.4, 0.5) is 4.39 Å². The van der Waals surface area contributed by atoms with Gasteiger partial charge in [0.1, 0.15) is 18.8 Å². The molecule has 2 amide bonds. The van der Waals surface area contributed by atoms with Gasteiger partial charge in [-0.3, -0.25) is 9.59 Å². The highest BCUT2D eigenvalue weighted by atomic mass is 19.1. The molecule has 1 aliphatic carbocycles. The molecule has 0 radical (unpaired) electrons. The Hall–Kier alpha value is -1.13. The average Bonchev–Trinajstić information content (AvgIpc) is 3.05. The van der Waals surface area contributed by atoms with Crippen LogP contribution < -0.4 is 5.32 Å². The lowest BCUT2D eigenvalue weighted by atomic mass is 9.83. The molecule has 0 aromatic carbocycles. The summed E-state index contributed by atoms with van der Waals surface area (Å²) >= 11 is 0. The maximum atomic E-state index is 12.6. The quantitative estimate of drug-likeness (QED) is 0.822. The van der Waals surface area contributed by atoms with Crippen LogP contribution in [0.5, 0.6) is 0 Å². The van der Waals surface area contributed by atoms with Gasteiger partial charge in [-0.05, 0) is 24.2 Å². The van der Waals surface area contributed by atoms with Gasteiger partial charge >= 0.3 is 0 Å². The van der Waals surface area contributed by atoms with Gasteiger partial charge in [0.2, 0.25) is 11.8 Å². The van der Waals surface area contributed by atoms with E-state index in [2.05, 4.69) is 5.32 Å². The molecule has 2 aliphatic rings. The van der Waals surface area contributed by atoms with Crippen molar-refractivity contribution < 1.29 is 14.0 Å². The summed E-state index contributed by atoms with van der Waals surface area (Å²) in [4.78, 5) is 26.0. The van der Waals surface area contributed by atoms with Crippen LogP contribution in [-0.4, -0.2) is 42.0 Å². The zero-order valence-electron chi connectivity index (χ0n) is 11.2. The first-order chi connectivity index (χ1) is 8.36. The highest BCUT2D eigenvalue weighted by Crippen LogP contribution is 2.38. The molecule has 102 valence electrons. The number of hydrogen-bond donors (Lipinski definition) is 1. The number of rotatable bonds is 3. The van der Waals surface area contributed by atoms with Gasteiger partial charge in [-0.25, -0.2) is 4.39 Å². The Labute approximate surface area is 107 Å². The zero-order valence-corrected chi connectivity index (χ0v) is 11.2. The molecule has 2 rings (SSSR count). The van der Waals surface area contributed by atoms with Gasteiger partial charge in [0, 0.05) is 6.54 Å². The number of amides is 2. The Morgan fingerprint density at radius 3 is 2.39 bits per heavy atom. The van der Waals surface area contributed by atoms with Crippen LogP contribution in [0.15, 0.2) is 0 Å². The molecule has 1 heterocycles. The fourth-order valence-corrected chi connectivity index (χ4v) is 2.54. The summed E-state index contributed by atoms with van der Waals surface area (Å²) in [6, 6.07) is -1.00. The molecule has 1 aliphatic heterocycles. The predicted octanol–water partition coefficient (Wildman–Crippen LogP) is 1.11. The summed E-state index contributed by atoms with van der Waals surface area (Å²) in [5.74, 6) is -0.0384. The maximum Gasteiger partial charge on any atom is 0.246 e. The average molecular weight is 256 g/mol. The second-order valence-electron chi connectivity index (χ2n) is 6.31. The fraction of sp³-hybridized carbons (Fsp3) is 0.846. The largest absolute Gasteiger partial charge is 0.342 e. The number of nitrogens with one attached hydrogen (secondary N) is 1. The van der Waals surface area contributed by atoms with Crippen molar-refractivity contribution in [3.8, 4) is 0 Å². The van der Waals surface area contributed by atoms with Gasteiger partial charge in [0.15, 0.2) is 0 Å². The van der Waals surface area contributed by atoms with Crippen LogP contribution >= 0.6 is 0 Å². The van der Waals surface area contributed by atoms with E-state index in [1.165, 1.54) is 4.90 Å². The first-order valence-corrected chi connectivity index (χ1v) is 6.53. The van der Waals surface area contributed by atoms with Crippen LogP contribution in [0.2, 0.25) is 0 Å².